The highest BCUT2D eigenvalue weighted by Crippen LogP contribution is 2.26. The highest BCUT2D eigenvalue weighted by atomic mass is 16.5. The number of para-hydroxylation sites is 1. The fourth-order valence-corrected chi connectivity index (χ4v) is 4.67. The first kappa shape index (κ1) is 18.3. The predicted octanol–water partition coefficient (Wildman–Crippen LogP) is 4.30. The zero-order chi connectivity index (χ0) is 19.6. The SMILES string of the molecule is [O-][N+]1=C(CCCN2CCN(c3ccc4[nH]ccc4c3)CC2)CCc2ccccc21. The molecular weight excluding hydrogens is 360 g/mol. The lowest BCUT2D eigenvalue weighted by Gasteiger charge is -2.36. The van der Waals surface area contributed by atoms with Crippen LogP contribution < -0.4 is 4.90 Å². The van der Waals surface area contributed by atoms with E-state index in [-0.39, 0.29) is 0 Å². The van der Waals surface area contributed by atoms with Crippen LogP contribution in [0.5, 0.6) is 0 Å². The number of rotatable bonds is 5. The number of nitrogens with zero attached hydrogens (tertiary/aromatic N) is 3. The van der Waals surface area contributed by atoms with Crippen LogP contribution in [0.1, 0.15) is 24.8 Å². The number of nitrogens with one attached hydrogen (secondary N) is 1. The highest BCUT2D eigenvalue weighted by molar-refractivity contribution is 5.83. The van der Waals surface area contributed by atoms with Crippen LogP contribution >= 0.6 is 0 Å². The average molecular weight is 389 g/mol. The van der Waals surface area contributed by atoms with Gasteiger partial charge in [0.1, 0.15) is 0 Å². The molecule has 0 atom stereocenters. The van der Waals surface area contributed by atoms with E-state index in [1.54, 1.807) is 0 Å². The van der Waals surface area contributed by atoms with Crippen LogP contribution in [0.4, 0.5) is 11.4 Å². The molecule has 0 unspecified atom stereocenters. The van der Waals surface area contributed by atoms with E-state index in [0.717, 1.165) is 69.8 Å². The Morgan fingerprint density at radius 2 is 1.83 bits per heavy atom. The lowest BCUT2D eigenvalue weighted by atomic mass is 9.99. The van der Waals surface area contributed by atoms with Gasteiger partial charge in [0.05, 0.1) is 0 Å². The molecule has 5 nitrogen and oxygen atoms in total. The summed E-state index contributed by atoms with van der Waals surface area (Å²) in [6.45, 7) is 5.37. The van der Waals surface area contributed by atoms with Crippen molar-refractivity contribution in [2.24, 2.45) is 0 Å². The molecule has 5 heteroatoms. The Labute approximate surface area is 171 Å². The quantitative estimate of drug-likeness (QED) is 0.524. The topological polar surface area (TPSA) is 48.3 Å². The summed E-state index contributed by atoms with van der Waals surface area (Å²) < 4.78 is 1.19. The molecule has 0 bridgehead atoms. The second kappa shape index (κ2) is 7.91. The molecule has 2 aliphatic heterocycles. The van der Waals surface area contributed by atoms with Gasteiger partial charge in [-0.05, 0) is 43.7 Å². The summed E-state index contributed by atoms with van der Waals surface area (Å²) in [5, 5.41) is 13.9. The van der Waals surface area contributed by atoms with Crippen LogP contribution in [0, 0.1) is 5.21 Å². The number of hydrogen-bond donors (Lipinski definition) is 1. The Kier molecular flexibility index (Phi) is 4.98. The number of aromatic amines is 1. The van der Waals surface area contributed by atoms with Crippen molar-refractivity contribution in [1.82, 2.24) is 9.88 Å². The van der Waals surface area contributed by atoms with Crippen molar-refractivity contribution in [2.45, 2.75) is 25.7 Å². The number of fused-ring (bicyclic) bond motifs is 2. The van der Waals surface area contributed by atoms with Crippen LogP contribution in [0.2, 0.25) is 0 Å². The summed E-state index contributed by atoms with van der Waals surface area (Å²) >= 11 is 0. The first-order chi connectivity index (χ1) is 14.3. The smallest absolute Gasteiger partial charge is 0.219 e. The van der Waals surface area contributed by atoms with Crippen molar-refractivity contribution in [3.05, 3.63) is 65.5 Å². The second-order valence-electron chi connectivity index (χ2n) is 8.17. The van der Waals surface area contributed by atoms with Gasteiger partial charge in [-0.15, -0.1) is 0 Å². The maximum absolute atomic E-state index is 12.6. The summed E-state index contributed by atoms with van der Waals surface area (Å²) in [5.41, 5.74) is 5.59. The van der Waals surface area contributed by atoms with Crippen LogP contribution in [0.3, 0.4) is 0 Å². The fraction of sp³-hybridized carbons (Fsp3) is 0.375. The molecule has 0 spiro atoms. The molecule has 1 saturated heterocycles. The Hall–Kier alpha value is -2.79. The predicted molar refractivity (Wildman–Crippen MR) is 119 cm³/mol. The average Bonchev–Trinajstić information content (AvgIpc) is 3.24. The zero-order valence-electron chi connectivity index (χ0n) is 16.8. The van der Waals surface area contributed by atoms with E-state index in [9.17, 15) is 5.21 Å². The molecule has 29 heavy (non-hydrogen) atoms. The molecule has 0 aliphatic carbocycles. The number of piperazine rings is 1. The van der Waals surface area contributed by atoms with E-state index in [0.29, 0.717) is 0 Å². The van der Waals surface area contributed by atoms with Crippen molar-refractivity contribution in [2.75, 3.05) is 37.6 Å². The summed E-state index contributed by atoms with van der Waals surface area (Å²) in [6.07, 6.45) is 5.86. The van der Waals surface area contributed by atoms with Crippen molar-refractivity contribution >= 4 is 28.0 Å². The van der Waals surface area contributed by atoms with E-state index < -0.39 is 0 Å². The second-order valence-corrected chi connectivity index (χ2v) is 8.17. The minimum Gasteiger partial charge on any atom is -0.618 e. The lowest BCUT2D eigenvalue weighted by molar-refractivity contribution is -0.367. The van der Waals surface area contributed by atoms with Crippen LogP contribution in [-0.4, -0.2) is 53.1 Å². The number of benzene rings is 2. The third kappa shape index (κ3) is 3.75. The van der Waals surface area contributed by atoms with Gasteiger partial charge in [0.15, 0.2) is 5.71 Å². The molecule has 0 saturated carbocycles. The van der Waals surface area contributed by atoms with Crippen molar-refractivity contribution in [3.63, 3.8) is 0 Å². The normalized spacial score (nSPS) is 17.7. The van der Waals surface area contributed by atoms with Gasteiger partial charge in [-0.1, -0.05) is 18.2 Å². The molecule has 150 valence electrons. The van der Waals surface area contributed by atoms with E-state index in [2.05, 4.69) is 45.1 Å². The summed E-state index contributed by atoms with van der Waals surface area (Å²) in [7, 11) is 0. The number of aryl methyl sites for hydroxylation is 1. The number of hydrogen-bond acceptors (Lipinski definition) is 3. The molecule has 1 fully saturated rings. The van der Waals surface area contributed by atoms with Crippen molar-refractivity contribution in [3.8, 4) is 0 Å². The fourth-order valence-electron chi connectivity index (χ4n) is 4.67. The van der Waals surface area contributed by atoms with Crippen LogP contribution in [-0.2, 0) is 6.42 Å². The third-order valence-electron chi connectivity index (χ3n) is 6.39. The summed E-state index contributed by atoms with van der Waals surface area (Å²) in [4.78, 5) is 8.28. The third-order valence-corrected chi connectivity index (χ3v) is 6.39. The standard InChI is InChI=1S/C24H28N4O/c29-28-21(8-7-19-4-1-2-6-24(19)28)5-3-13-26-14-16-27(17-15-26)22-9-10-23-20(18-22)11-12-25-23/h1-2,4,6,9-12,18,25H,3,5,7-8,13-17H2. The Morgan fingerprint density at radius 3 is 2.72 bits per heavy atom. The Morgan fingerprint density at radius 1 is 0.966 bits per heavy atom. The molecule has 2 aromatic carbocycles. The molecule has 2 aliphatic rings. The van der Waals surface area contributed by atoms with Gasteiger partial charge >= 0.3 is 0 Å². The van der Waals surface area contributed by atoms with Gasteiger partial charge in [-0.3, -0.25) is 4.90 Å². The van der Waals surface area contributed by atoms with Gasteiger partial charge in [-0.2, -0.15) is 4.74 Å². The van der Waals surface area contributed by atoms with Gasteiger partial charge < -0.3 is 15.1 Å². The van der Waals surface area contributed by atoms with E-state index in [4.69, 9.17) is 0 Å². The molecule has 0 amide bonds. The first-order valence-electron chi connectivity index (χ1n) is 10.7. The lowest BCUT2D eigenvalue weighted by Crippen LogP contribution is -2.46. The van der Waals surface area contributed by atoms with Crippen molar-refractivity contribution < 1.29 is 4.74 Å². The van der Waals surface area contributed by atoms with E-state index in [1.807, 2.05) is 24.4 Å². The van der Waals surface area contributed by atoms with E-state index in [1.165, 1.54) is 26.9 Å². The van der Waals surface area contributed by atoms with Gasteiger partial charge in [-0.25, -0.2) is 0 Å². The molecule has 1 aromatic heterocycles. The first-order valence-corrected chi connectivity index (χ1v) is 10.7. The van der Waals surface area contributed by atoms with E-state index >= 15 is 0 Å². The van der Waals surface area contributed by atoms with Gasteiger partial charge in [0.2, 0.25) is 5.69 Å². The van der Waals surface area contributed by atoms with Crippen LogP contribution in [0.25, 0.3) is 10.9 Å². The largest absolute Gasteiger partial charge is 0.618 e. The monoisotopic (exact) mass is 388 g/mol. The molecule has 1 N–H and O–H groups in total. The summed E-state index contributed by atoms with van der Waals surface area (Å²) in [6, 6.07) is 16.8. The van der Waals surface area contributed by atoms with Crippen LogP contribution in [0.15, 0.2) is 54.7 Å². The highest BCUT2D eigenvalue weighted by Gasteiger charge is 2.22. The Bertz CT molecular complexity index is 1030. The molecule has 5 rings (SSSR count). The zero-order valence-corrected chi connectivity index (χ0v) is 16.8. The maximum Gasteiger partial charge on any atom is 0.219 e. The minimum atomic E-state index is 0.849. The molecule has 3 heterocycles. The molecule has 0 radical (unpaired) electrons. The molecule has 3 aromatic rings. The van der Waals surface area contributed by atoms with Gasteiger partial charge in [0.25, 0.3) is 0 Å². The minimum absolute atomic E-state index is 0.849. The maximum atomic E-state index is 12.6. The summed E-state index contributed by atoms with van der Waals surface area (Å²) in [5.74, 6) is 0. The Balaban J connectivity index is 1.13. The number of anilines is 1. The van der Waals surface area contributed by atoms with Crippen molar-refractivity contribution in [1.29, 1.82) is 0 Å². The molecular formula is C24H28N4O. The number of H-pyrrole nitrogens is 1. The van der Waals surface area contributed by atoms with Gasteiger partial charge in [0, 0.05) is 73.4 Å². The number of aromatic nitrogens is 1.